The number of hydrogen-bond acceptors (Lipinski definition) is 10. The predicted molar refractivity (Wildman–Crippen MR) is 346 cm³/mol. The van der Waals surface area contributed by atoms with Crippen molar-refractivity contribution in [2.75, 3.05) is 28.2 Å². The van der Waals surface area contributed by atoms with Crippen molar-refractivity contribution in [1.29, 1.82) is 0 Å². The van der Waals surface area contributed by atoms with Gasteiger partial charge in [0, 0.05) is 66.6 Å². The van der Waals surface area contributed by atoms with Gasteiger partial charge in [-0.3, -0.25) is 37.7 Å². The van der Waals surface area contributed by atoms with Gasteiger partial charge in [-0.25, -0.2) is 0 Å². The van der Waals surface area contributed by atoms with E-state index in [0.717, 1.165) is 69.3 Å². The van der Waals surface area contributed by atoms with Crippen LogP contribution in [0.1, 0.15) is 279 Å². The Morgan fingerprint density at radius 2 is 0.494 bits per heavy atom. The van der Waals surface area contributed by atoms with Crippen molar-refractivity contribution in [1.82, 2.24) is 19.6 Å². The van der Waals surface area contributed by atoms with E-state index in [0.29, 0.717) is 0 Å². The van der Waals surface area contributed by atoms with Gasteiger partial charge in [-0.2, -0.15) is 0 Å². The summed E-state index contributed by atoms with van der Waals surface area (Å²) in [5, 5.41) is 0. The third-order valence-corrected chi connectivity index (χ3v) is 22.8. The molecule has 2 aromatic rings. The minimum absolute atomic E-state index is 0.0298. The number of piperidine rings is 4. The van der Waals surface area contributed by atoms with E-state index in [1.54, 1.807) is 0 Å². The highest BCUT2D eigenvalue weighted by atomic mass is 31.2. The van der Waals surface area contributed by atoms with Gasteiger partial charge in [0.05, 0.1) is 24.4 Å². The van der Waals surface area contributed by atoms with Crippen LogP contribution < -0.4 is 9.05 Å². The molecule has 0 amide bonds. The maximum absolute atomic E-state index is 7.56. The molecule has 12 heteroatoms. The van der Waals surface area contributed by atoms with E-state index in [9.17, 15) is 0 Å². The van der Waals surface area contributed by atoms with Crippen LogP contribution in [0.25, 0.3) is 0 Å². The Labute approximate surface area is 501 Å². The second-order valence-corrected chi connectivity index (χ2v) is 37.2. The SMILES string of the molecule is CN1C(C)(C)CC(OP(Oc2c(C(C)(C)C)cc(Cc3cc(C(C)(C)C)c(OP(OC4CC(C)(C)N(C)C(C)(C)C4)OC4CC(C)(C)N(C)C(C)(C)C4)c(C(C)(C)C)c3)cc2C(C)(C)C)OC2CC(C)(C)N(C)C(C)(C)C2)CC1(C)C. The molecule has 2 aromatic carbocycles. The van der Waals surface area contributed by atoms with Gasteiger partial charge in [0.1, 0.15) is 11.5 Å². The van der Waals surface area contributed by atoms with Crippen LogP contribution in [0.15, 0.2) is 24.3 Å². The second kappa shape index (κ2) is 22.9. The monoisotopic (exact) mass is 1160 g/mol. The summed E-state index contributed by atoms with van der Waals surface area (Å²) < 4.78 is 44.5. The van der Waals surface area contributed by atoms with Crippen LogP contribution >= 0.6 is 17.2 Å². The second-order valence-electron chi connectivity index (χ2n) is 35.1. The average Bonchev–Trinajstić information content (AvgIpc) is 3.24. The number of likely N-dealkylation sites (tertiary alicyclic amines) is 4. The van der Waals surface area contributed by atoms with Crippen LogP contribution in [0.4, 0.5) is 0 Å². The van der Waals surface area contributed by atoms with Crippen LogP contribution in [0, 0.1) is 0 Å². The van der Waals surface area contributed by atoms with Crippen LogP contribution in [0.3, 0.4) is 0 Å². The quantitative estimate of drug-likeness (QED) is 0.171. The number of hydrogen-bond donors (Lipinski definition) is 0. The highest BCUT2D eigenvalue weighted by molar-refractivity contribution is 7.42. The Hall–Kier alpha value is -1.42. The summed E-state index contributed by atoms with van der Waals surface area (Å²) in [6.45, 7) is 65.4. The first-order chi connectivity index (χ1) is 36.2. The summed E-state index contributed by atoms with van der Waals surface area (Å²) >= 11 is 0. The van der Waals surface area contributed by atoms with Gasteiger partial charge in [-0.1, -0.05) is 107 Å². The fraction of sp³-hybridized carbons (Fsp3) is 0.826. The van der Waals surface area contributed by atoms with Crippen molar-refractivity contribution in [3.8, 4) is 11.5 Å². The van der Waals surface area contributed by atoms with Crippen molar-refractivity contribution in [3.63, 3.8) is 0 Å². The molecule has 0 N–H and O–H groups in total. The Kier molecular flexibility index (Phi) is 19.5. The Morgan fingerprint density at radius 1 is 0.333 bits per heavy atom. The molecule has 4 aliphatic rings. The zero-order valence-electron chi connectivity index (χ0n) is 58.1. The van der Waals surface area contributed by atoms with E-state index in [1.807, 2.05) is 0 Å². The molecule has 0 saturated carbocycles. The Bertz CT molecular complexity index is 2120. The summed E-state index contributed by atoms with van der Waals surface area (Å²) in [6, 6.07) is 9.71. The molecule has 4 aliphatic heterocycles. The largest absolute Gasteiger partial charge is 0.426 e. The lowest BCUT2D eigenvalue weighted by molar-refractivity contribution is -0.0756. The molecule has 10 nitrogen and oxygen atoms in total. The minimum atomic E-state index is -1.82. The third-order valence-electron chi connectivity index (χ3n) is 20.3. The number of nitrogens with zero attached hydrogens (tertiary/aromatic N) is 4. The van der Waals surface area contributed by atoms with Gasteiger partial charge in [0.25, 0.3) is 0 Å². The van der Waals surface area contributed by atoms with E-state index in [4.69, 9.17) is 27.1 Å². The molecule has 81 heavy (non-hydrogen) atoms. The first kappa shape index (κ1) is 68.7. The van der Waals surface area contributed by atoms with Crippen LogP contribution in [-0.2, 0) is 46.2 Å². The van der Waals surface area contributed by atoms with Crippen molar-refractivity contribution in [2.24, 2.45) is 0 Å². The first-order valence-corrected chi connectivity index (χ1v) is 33.3. The van der Waals surface area contributed by atoms with Crippen molar-refractivity contribution >= 4 is 17.2 Å². The standard InChI is InChI=1S/C69H122N4O6P2/c1-58(2,3)52-34-46(35-53(59(4,5)6)56(52)78-80(74-48-38-62(13,14)70(29)63(15,16)39-48)75-49-40-64(17,18)71(30)65(19,20)41-49)33-47-36-54(60(7,8)9)57(55(37-47)61(10,11)12)79-81(76-50-42-66(21,22)72(31)67(23,24)43-50)77-51-44-68(25,26)73(32)69(27,28)45-51/h34-37,48-51H,33,38-45H2,1-32H3. The van der Waals surface area contributed by atoms with Gasteiger partial charge >= 0.3 is 17.2 Å². The fourth-order valence-electron chi connectivity index (χ4n) is 14.4. The van der Waals surface area contributed by atoms with Gasteiger partial charge in [-0.15, -0.1) is 0 Å². The van der Waals surface area contributed by atoms with Gasteiger partial charge in [-0.05, 0) is 230 Å². The summed E-state index contributed by atoms with van der Waals surface area (Å²) in [4.78, 5) is 10.1. The van der Waals surface area contributed by atoms with Crippen molar-refractivity contribution in [3.05, 3.63) is 57.6 Å². The Morgan fingerprint density at radius 3 is 0.642 bits per heavy atom. The Balaban J connectivity index is 1.46. The van der Waals surface area contributed by atoms with Crippen LogP contribution in [-0.4, -0.2) is 117 Å². The topological polar surface area (TPSA) is 68.3 Å². The minimum Gasteiger partial charge on any atom is -0.426 e. The summed E-state index contributed by atoms with van der Waals surface area (Å²) in [6.07, 6.45) is 7.75. The highest BCUT2D eigenvalue weighted by Gasteiger charge is 2.51. The molecule has 0 aliphatic carbocycles. The molecule has 4 heterocycles. The fourth-order valence-corrected chi connectivity index (χ4v) is 17.0. The molecule has 4 saturated heterocycles. The van der Waals surface area contributed by atoms with Gasteiger partial charge < -0.3 is 9.05 Å². The van der Waals surface area contributed by atoms with Crippen molar-refractivity contribution in [2.45, 2.75) is 342 Å². The lowest BCUT2D eigenvalue weighted by Crippen LogP contribution is -2.60. The molecule has 6 rings (SSSR count). The van der Waals surface area contributed by atoms with E-state index >= 15 is 0 Å². The predicted octanol–water partition coefficient (Wildman–Crippen LogP) is 18.4. The van der Waals surface area contributed by atoms with E-state index in [1.165, 1.54) is 33.4 Å². The zero-order valence-corrected chi connectivity index (χ0v) is 59.9. The van der Waals surface area contributed by atoms with Gasteiger partial charge in [0.2, 0.25) is 0 Å². The molecule has 0 aromatic heterocycles. The highest BCUT2D eigenvalue weighted by Crippen LogP contribution is 2.57. The molecule has 0 bridgehead atoms. The molecule has 0 unspecified atom stereocenters. The number of benzene rings is 2. The maximum atomic E-state index is 7.56. The number of rotatable bonds is 14. The zero-order chi connectivity index (χ0) is 61.8. The van der Waals surface area contributed by atoms with E-state index < -0.39 is 17.2 Å². The summed E-state index contributed by atoms with van der Waals surface area (Å²) in [5.41, 5.74) is 5.66. The molecular weight excluding hydrogens is 1040 g/mol. The molecule has 0 spiro atoms. The molecule has 4 fully saturated rings. The third kappa shape index (κ3) is 15.8. The summed E-state index contributed by atoms with van der Waals surface area (Å²) in [7, 11) is 5.40. The molecule has 464 valence electrons. The maximum Gasteiger partial charge on any atom is 0.397 e. The van der Waals surface area contributed by atoms with E-state index in [2.05, 4.69) is 266 Å². The summed E-state index contributed by atoms with van der Waals surface area (Å²) in [5.74, 6) is 1.80. The first-order valence-electron chi connectivity index (χ1n) is 31.1. The lowest BCUT2D eigenvalue weighted by Gasteiger charge is -2.54. The van der Waals surface area contributed by atoms with E-state index in [-0.39, 0.29) is 90.4 Å². The van der Waals surface area contributed by atoms with Crippen LogP contribution in [0.2, 0.25) is 0 Å². The smallest absolute Gasteiger partial charge is 0.397 e. The molecular formula is C69H122N4O6P2. The average molecular weight is 1170 g/mol. The molecule has 0 atom stereocenters. The molecule has 0 radical (unpaired) electrons. The van der Waals surface area contributed by atoms with Gasteiger partial charge in [0.15, 0.2) is 0 Å². The normalized spacial score (nSPS) is 24.5. The van der Waals surface area contributed by atoms with Crippen LogP contribution in [0.5, 0.6) is 11.5 Å². The lowest BCUT2D eigenvalue weighted by atomic mass is 9.76. The van der Waals surface area contributed by atoms with Crippen molar-refractivity contribution < 1.29 is 27.1 Å².